The molecule has 10 heteroatoms. The lowest BCUT2D eigenvalue weighted by Crippen LogP contribution is -2.26. The van der Waals surface area contributed by atoms with E-state index in [4.69, 9.17) is 18.0 Å². The average molecular weight is 350 g/mol. The molecule has 0 spiro atoms. The molecule has 4 N–H and O–H groups in total. The third-order valence-corrected chi connectivity index (χ3v) is 3.71. The topological polar surface area (TPSA) is 132 Å². The zero-order valence-corrected chi connectivity index (χ0v) is 14.1. The minimum atomic E-state index is -0.619. The molecule has 1 amide bonds. The predicted molar refractivity (Wildman–Crippen MR) is 91.3 cm³/mol. The summed E-state index contributed by atoms with van der Waals surface area (Å²) < 4.78 is 2.40. The average Bonchev–Trinajstić information content (AvgIpc) is 2.88. The zero-order valence-electron chi connectivity index (χ0n) is 13.3. The number of nitro benzene ring substituents is 1. The highest BCUT2D eigenvalue weighted by molar-refractivity contribution is 7.71. The second-order valence-electron chi connectivity index (χ2n) is 5.45. The van der Waals surface area contributed by atoms with Crippen LogP contribution in [0.15, 0.2) is 18.2 Å². The first-order valence-corrected chi connectivity index (χ1v) is 7.70. The van der Waals surface area contributed by atoms with Crippen molar-refractivity contribution in [2.75, 3.05) is 12.3 Å². The maximum Gasteiger partial charge on any atom is 0.292 e. The van der Waals surface area contributed by atoms with Crippen LogP contribution in [0, 0.1) is 14.9 Å². The quantitative estimate of drug-likeness (QED) is 0.316. The summed E-state index contributed by atoms with van der Waals surface area (Å²) in [6.07, 6.45) is 0.480. The van der Waals surface area contributed by atoms with Crippen LogP contribution >= 0.6 is 12.2 Å². The summed E-state index contributed by atoms with van der Waals surface area (Å²) in [6, 6.07) is 4.11. The van der Waals surface area contributed by atoms with Gasteiger partial charge in [0, 0.05) is 30.6 Å². The van der Waals surface area contributed by atoms with Crippen molar-refractivity contribution in [3.63, 3.8) is 0 Å². The van der Waals surface area contributed by atoms with Gasteiger partial charge in [-0.1, -0.05) is 0 Å². The van der Waals surface area contributed by atoms with Gasteiger partial charge in [0.05, 0.1) is 4.92 Å². The Bertz CT molecular complexity index is 826. The van der Waals surface area contributed by atoms with Crippen LogP contribution in [-0.2, 0) is 6.42 Å². The highest BCUT2D eigenvalue weighted by Crippen LogP contribution is 2.22. The second kappa shape index (κ2) is 7.21. The number of H-pyrrole nitrogens is 1. The van der Waals surface area contributed by atoms with Gasteiger partial charge in [0.15, 0.2) is 4.77 Å². The number of aromatic amines is 1. The fourth-order valence-electron chi connectivity index (χ4n) is 2.28. The van der Waals surface area contributed by atoms with Gasteiger partial charge in [-0.25, -0.2) is 0 Å². The summed E-state index contributed by atoms with van der Waals surface area (Å²) in [5.41, 5.74) is 5.42. The number of rotatable bonds is 6. The molecular formula is C14H18N6O3S. The Kier molecular flexibility index (Phi) is 5.29. The Morgan fingerprint density at radius 2 is 2.25 bits per heavy atom. The minimum Gasteiger partial charge on any atom is -0.393 e. The zero-order chi connectivity index (χ0) is 17.9. The number of aromatic nitrogens is 3. The first kappa shape index (κ1) is 17.6. The van der Waals surface area contributed by atoms with E-state index >= 15 is 0 Å². The Morgan fingerprint density at radius 3 is 2.88 bits per heavy atom. The lowest BCUT2D eigenvalue weighted by molar-refractivity contribution is -0.383. The van der Waals surface area contributed by atoms with E-state index in [2.05, 4.69) is 15.5 Å². The molecule has 1 aromatic carbocycles. The lowest BCUT2D eigenvalue weighted by atomic mass is 10.1. The van der Waals surface area contributed by atoms with Crippen molar-refractivity contribution in [3.05, 3.63) is 44.5 Å². The van der Waals surface area contributed by atoms with Crippen LogP contribution in [0.4, 0.5) is 11.4 Å². The molecule has 0 bridgehead atoms. The van der Waals surface area contributed by atoms with Crippen molar-refractivity contribution in [1.29, 1.82) is 0 Å². The fraction of sp³-hybridized carbons (Fsp3) is 0.357. The number of carbonyl (C=O) groups is 1. The van der Waals surface area contributed by atoms with E-state index in [0.717, 1.165) is 11.9 Å². The van der Waals surface area contributed by atoms with Gasteiger partial charge in [-0.2, -0.15) is 5.10 Å². The summed E-state index contributed by atoms with van der Waals surface area (Å²) in [5.74, 6) is 0.321. The van der Waals surface area contributed by atoms with Crippen LogP contribution in [0.3, 0.4) is 0 Å². The molecule has 0 radical (unpaired) electrons. The van der Waals surface area contributed by atoms with E-state index in [1.807, 2.05) is 18.4 Å². The molecule has 0 saturated carbocycles. The number of nitrogens with zero attached hydrogens (tertiary/aromatic N) is 3. The molecule has 1 aromatic heterocycles. The molecule has 0 saturated heterocycles. The van der Waals surface area contributed by atoms with Crippen LogP contribution in [0.1, 0.15) is 36.1 Å². The maximum absolute atomic E-state index is 12.1. The van der Waals surface area contributed by atoms with Crippen LogP contribution in [0.2, 0.25) is 0 Å². The Morgan fingerprint density at radius 1 is 1.54 bits per heavy atom. The van der Waals surface area contributed by atoms with Gasteiger partial charge in [-0.05, 0) is 38.2 Å². The van der Waals surface area contributed by atoms with Gasteiger partial charge in [0.1, 0.15) is 11.5 Å². The highest BCUT2D eigenvalue weighted by Gasteiger charge is 2.16. The molecule has 0 unspecified atom stereocenters. The van der Waals surface area contributed by atoms with Crippen LogP contribution in [0.5, 0.6) is 0 Å². The lowest BCUT2D eigenvalue weighted by Gasteiger charge is -2.10. The summed E-state index contributed by atoms with van der Waals surface area (Å²) in [7, 11) is 0. The number of nitrogens with one attached hydrogen (secondary N) is 2. The number of hydrogen-bond acceptors (Lipinski definition) is 6. The number of nitrogen functional groups attached to an aromatic ring is 1. The van der Waals surface area contributed by atoms with E-state index in [1.165, 1.54) is 12.1 Å². The number of amides is 1. The molecule has 24 heavy (non-hydrogen) atoms. The van der Waals surface area contributed by atoms with Gasteiger partial charge in [-0.15, -0.1) is 0 Å². The first-order valence-electron chi connectivity index (χ1n) is 7.29. The standard InChI is InChI=1S/C14H18N6O3S/c1-8(2)19-12(17-18-14(19)24)5-6-16-13(21)9-3-4-10(15)11(7-9)20(22)23/h3-4,7-8H,5-6,15H2,1-2H3,(H,16,21)(H,18,24). The van der Waals surface area contributed by atoms with Crippen molar-refractivity contribution < 1.29 is 9.72 Å². The Labute approximate surface area is 143 Å². The number of hydrogen-bond donors (Lipinski definition) is 3. The van der Waals surface area contributed by atoms with Crippen molar-refractivity contribution >= 4 is 29.5 Å². The second-order valence-corrected chi connectivity index (χ2v) is 5.83. The van der Waals surface area contributed by atoms with E-state index in [1.54, 1.807) is 0 Å². The number of nitrogens with two attached hydrogens (primary N) is 1. The smallest absolute Gasteiger partial charge is 0.292 e. The SMILES string of the molecule is CC(C)n1c(CCNC(=O)c2ccc(N)c([N+](=O)[O-])c2)n[nH]c1=S. The van der Waals surface area contributed by atoms with Crippen molar-refractivity contribution in [1.82, 2.24) is 20.1 Å². The monoisotopic (exact) mass is 350 g/mol. The van der Waals surface area contributed by atoms with Crippen LogP contribution in [-0.4, -0.2) is 32.1 Å². The molecule has 2 rings (SSSR count). The number of benzene rings is 1. The van der Waals surface area contributed by atoms with Crippen molar-refractivity contribution in [2.24, 2.45) is 0 Å². The molecule has 0 aliphatic heterocycles. The summed E-state index contributed by atoms with van der Waals surface area (Å²) in [6.45, 7) is 4.30. The first-order chi connectivity index (χ1) is 11.3. The number of carbonyl (C=O) groups excluding carboxylic acids is 1. The number of nitro groups is 1. The molecule has 128 valence electrons. The molecule has 1 heterocycles. The largest absolute Gasteiger partial charge is 0.393 e. The Balaban J connectivity index is 2.03. The summed E-state index contributed by atoms with van der Waals surface area (Å²) in [5, 5.41) is 20.4. The summed E-state index contributed by atoms with van der Waals surface area (Å²) >= 11 is 5.16. The Hall–Kier alpha value is -2.75. The normalized spacial score (nSPS) is 10.8. The molecule has 0 aliphatic carbocycles. The number of anilines is 1. The molecule has 0 aliphatic rings. The van der Waals surface area contributed by atoms with Crippen molar-refractivity contribution in [2.45, 2.75) is 26.3 Å². The minimum absolute atomic E-state index is 0.0176. The molecule has 9 nitrogen and oxygen atoms in total. The molecule has 2 aromatic rings. The van der Waals surface area contributed by atoms with Gasteiger partial charge in [-0.3, -0.25) is 20.0 Å². The third-order valence-electron chi connectivity index (χ3n) is 3.42. The highest BCUT2D eigenvalue weighted by atomic mass is 32.1. The maximum atomic E-state index is 12.1. The van der Waals surface area contributed by atoms with E-state index in [0.29, 0.717) is 17.7 Å². The van der Waals surface area contributed by atoms with E-state index in [9.17, 15) is 14.9 Å². The van der Waals surface area contributed by atoms with Gasteiger partial charge < -0.3 is 15.6 Å². The van der Waals surface area contributed by atoms with E-state index < -0.39 is 10.8 Å². The van der Waals surface area contributed by atoms with Gasteiger partial charge in [0.25, 0.3) is 11.6 Å². The predicted octanol–water partition coefficient (Wildman–Crippen LogP) is 1.98. The molecule has 0 atom stereocenters. The fourth-order valence-corrected chi connectivity index (χ4v) is 2.64. The molecule has 0 fully saturated rings. The summed E-state index contributed by atoms with van der Waals surface area (Å²) in [4.78, 5) is 22.4. The van der Waals surface area contributed by atoms with Crippen LogP contribution < -0.4 is 11.1 Å². The van der Waals surface area contributed by atoms with Gasteiger partial charge >= 0.3 is 0 Å². The molecular weight excluding hydrogens is 332 g/mol. The van der Waals surface area contributed by atoms with E-state index in [-0.39, 0.29) is 23.0 Å². The van der Waals surface area contributed by atoms with Crippen molar-refractivity contribution in [3.8, 4) is 0 Å². The van der Waals surface area contributed by atoms with Crippen LogP contribution in [0.25, 0.3) is 0 Å². The third kappa shape index (κ3) is 3.77. The van der Waals surface area contributed by atoms with Gasteiger partial charge in [0.2, 0.25) is 0 Å².